The average Bonchev–Trinajstić information content (AvgIpc) is 1.38. The van der Waals surface area contributed by atoms with E-state index in [2.05, 4.69) is 31.9 Å². The molecule has 1 nitrogen and oxygen atoms in total. The van der Waals surface area contributed by atoms with Crippen LogP contribution in [0.3, 0.4) is 0 Å². The van der Waals surface area contributed by atoms with Gasteiger partial charge in [-0.05, 0) is 15.9 Å². The first kappa shape index (κ1) is 9.80. The smallest absolute Gasteiger partial charge is 0.208 e. The first-order valence-corrected chi connectivity index (χ1v) is 2.93. The van der Waals surface area contributed by atoms with Crippen LogP contribution in [0.2, 0.25) is 0 Å². The molecule has 0 aliphatic carbocycles. The van der Waals surface area contributed by atoms with Gasteiger partial charge in [0, 0.05) is 0 Å². The van der Waals surface area contributed by atoms with Gasteiger partial charge in [0.2, 0.25) is 4.69 Å². The van der Waals surface area contributed by atoms with E-state index in [4.69, 9.17) is 0 Å². The maximum Gasteiger partial charge on any atom is 0.208 e. The number of hydrogen-bond donors (Lipinski definition) is 0. The highest BCUT2D eigenvalue weighted by Gasteiger charge is 1.82. The fourth-order valence-electron chi connectivity index (χ4n) is 0. The molecule has 0 spiro atoms. The molecule has 38 valence electrons. The molecule has 3 heteroatoms. The van der Waals surface area contributed by atoms with Gasteiger partial charge in [0.25, 0.3) is 0 Å². The van der Waals surface area contributed by atoms with Crippen LogP contribution in [0.15, 0.2) is 0 Å². The van der Waals surface area contributed by atoms with Gasteiger partial charge in [0.05, 0.1) is 5.33 Å². The van der Waals surface area contributed by atoms with Crippen LogP contribution in [0.1, 0.15) is 7.43 Å². The standard InChI is InChI=1S/C2H2Br2O.CH4/c3-1-2(4)5;/h1H2;1H4. The summed E-state index contributed by atoms with van der Waals surface area (Å²) in [7, 11) is 0. The van der Waals surface area contributed by atoms with E-state index in [1.807, 2.05) is 0 Å². The second-order valence-corrected chi connectivity index (χ2v) is 1.93. The zero-order chi connectivity index (χ0) is 4.28. The van der Waals surface area contributed by atoms with Crippen molar-refractivity contribution >= 4 is 36.6 Å². The molecule has 0 atom stereocenters. The van der Waals surface area contributed by atoms with E-state index in [9.17, 15) is 4.79 Å². The fraction of sp³-hybridized carbons (Fsp3) is 0.667. The van der Waals surface area contributed by atoms with Crippen molar-refractivity contribution in [1.82, 2.24) is 0 Å². The van der Waals surface area contributed by atoms with E-state index < -0.39 is 0 Å². The maximum atomic E-state index is 9.68. The number of rotatable bonds is 1. The molecule has 0 heterocycles. The van der Waals surface area contributed by atoms with Crippen molar-refractivity contribution in [2.24, 2.45) is 0 Å². The molecule has 0 unspecified atom stereocenters. The third-order valence-corrected chi connectivity index (χ3v) is 1.65. The number of carbonyl (C=O) groups is 1. The van der Waals surface area contributed by atoms with Gasteiger partial charge in [-0.15, -0.1) is 0 Å². The van der Waals surface area contributed by atoms with E-state index in [0.29, 0.717) is 5.33 Å². The van der Waals surface area contributed by atoms with Crippen LogP contribution in [-0.4, -0.2) is 10.0 Å². The normalized spacial score (nSPS) is 6.33. The molecule has 0 aliphatic heterocycles. The summed E-state index contributed by atoms with van der Waals surface area (Å²) in [5.74, 6) is 0. The Kier molecular flexibility index (Phi) is 9.20. The molecule has 6 heavy (non-hydrogen) atoms. The lowest BCUT2D eigenvalue weighted by molar-refractivity contribution is -0.108. The predicted octanol–water partition coefficient (Wildman–Crippen LogP) is 1.94. The van der Waals surface area contributed by atoms with Crippen molar-refractivity contribution in [2.75, 3.05) is 5.33 Å². The molecule has 0 fully saturated rings. The minimum Gasteiger partial charge on any atom is -0.286 e. The second-order valence-electron chi connectivity index (χ2n) is 0.489. The zero-order valence-corrected chi connectivity index (χ0v) is 5.54. The number of halogens is 2. The first-order chi connectivity index (χ1) is 2.27. The van der Waals surface area contributed by atoms with Gasteiger partial charge in [-0.2, -0.15) is 0 Å². The van der Waals surface area contributed by atoms with E-state index in [1.165, 1.54) is 0 Å². The topological polar surface area (TPSA) is 17.1 Å². The van der Waals surface area contributed by atoms with Crippen LogP contribution in [0.4, 0.5) is 0 Å². The summed E-state index contributed by atoms with van der Waals surface area (Å²) in [4.78, 5) is 9.68. The van der Waals surface area contributed by atoms with Crippen LogP contribution in [0.25, 0.3) is 0 Å². The summed E-state index contributed by atoms with van der Waals surface area (Å²) in [6.45, 7) is 0. The molecule has 0 aromatic heterocycles. The van der Waals surface area contributed by atoms with Gasteiger partial charge in [0.15, 0.2) is 0 Å². The fourth-order valence-corrected chi connectivity index (χ4v) is 0. The lowest BCUT2D eigenvalue weighted by Crippen LogP contribution is -1.79. The molecule has 0 saturated carbocycles. The zero-order valence-electron chi connectivity index (χ0n) is 2.37. The van der Waals surface area contributed by atoms with Crippen molar-refractivity contribution in [2.45, 2.75) is 7.43 Å². The molecule has 0 saturated heterocycles. The Morgan fingerprint density at radius 1 is 1.67 bits per heavy atom. The van der Waals surface area contributed by atoms with Crippen LogP contribution in [-0.2, 0) is 4.79 Å². The lowest BCUT2D eigenvalue weighted by atomic mass is 10.9. The molecule has 0 aromatic carbocycles. The second kappa shape index (κ2) is 5.63. The molecule has 0 amide bonds. The molecule has 0 aromatic rings. The van der Waals surface area contributed by atoms with Crippen LogP contribution >= 0.6 is 31.9 Å². The van der Waals surface area contributed by atoms with E-state index in [-0.39, 0.29) is 12.1 Å². The molecule has 0 bridgehead atoms. The average molecular weight is 218 g/mol. The van der Waals surface area contributed by atoms with E-state index >= 15 is 0 Å². The third-order valence-electron chi connectivity index (χ3n) is 0.105. The summed E-state index contributed by atoms with van der Waals surface area (Å²) in [5, 5.41) is 0.396. The summed E-state index contributed by atoms with van der Waals surface area (Å²) in [6.07, 6.45) is 0. The summed E-state index contributed by atoms with van der Waals surface area (Å²) < 4.78 is -0.0162. The van der Waals surface area contributed by atoms with Gasteiger partial charge in [-0.3, -0.25) is 4.79 Å². The van der Waals surface area contributed by atoms with Gasteiger partial charge < -0.3 is 0 Å². The highest BCUT2D eigenvalue weighted by molar-refractivity contribution is 9.19. The van der Waals surface area contributed by atoms with Crippen molar-refractivity contribution in [3.63, 3.8) is 0 Å². The summed E-state index contributed by atoms with van der Waals surface area (Å²) >= 11 is 5.60. The monoisotopic (exact) mass is 216 g/mol. The van der Waals surface area contributed by atoms with Crippen molar-refractivity contribution in [3.05, 3.63) is 0 Å². The Hall–Kier alpha value is 0.630. The largest absolute Gasteiger partial charge is 0.286 e. The van der Waals surface area contributed by atoms with Gasteiger partial charge in [-0.1, -0.05) is 23.4 Å². The number of alkyl halides is 1. The van der Waals surface area contributed by atoms with Gasteiger partial charge in [0.1, 0.15) is 0 Å². The Labute approximate surface area is 54.4 Å². The Bertz CT molecular complexity index is 44.1. The van der Waals surface area contributed by atoms with Crippen LogP contribution in [0.5, 0.6) is 0 Å². The minimum absolute atomic E-state index is 0. The Balaban J connectivity index is 0. The highest BCUT2D eigenvalue weighted by Crippen LogP contribution is 1.87. The molecule has 0 aliphatic rings. The quantitative estimate of drug-likeness (QED) is 0.485. The first-order valence-electron chi connectivity index (χ1n) is 1.01. The molecule has 0 rings (SSSR count). The minimum atomic E-state index is -0.0162. The molecule has 0 N–H and O–H groups in total. The molecular weight excluding hydrogens is 212 g/mol. The van der Waals surface area contributed by atoms with Crippen LogP contribution < -0.4 is 0 Å². The summed E-state index contributed by atoms with van der Waals surface area (Å²) in [6, 6.07) is 0. The van der Waals surface area contributed by atoms with Crippen molar-refractivity contribution < 1.29 is 4.79 Å². The third kappa shape index (κ3) is 8.82. The highest BCUT2D eigenvalue weighted by atomic mass is 79.9. The molecule has 0 radical (unpaired) electrons. The van der Waals surface area contributed by atoms with Crippen LogP contribution in [0, 0.1) is 0 Å². The van der Waals surface area contributed by atoms with Crippen molar-refractivity contribution in [1.29, 1.82) is 0 Å². The predicted molar refractivity (Wildman–Crippen MR) is 34.5 cm³/mol. The molecular formula is C3H6Br2O. The van der Waals surface area contributed by atoms with E-state index in [1.54, 1.807) is 0 Å². The van der Waals surface area contributed by atoms with E-state index in [0.717, 1.165) is 0 Å². The van der Waals surface area contributed by atoms with Gasteiger partial charge >= 0.3 is 0 Å². The lowest BCUT2D eigenvalue weighted by Gasteiger charge is -1.66. The summed E-state index contributed by atoms with van der Waals surface area (Å²) in [5.41, 5.74) is 0. The Morgan fingerprint density at radius 3 is 1.83 bits per heavy atom. The van der Waals surface area contributed by atoms with Gasteiger partial charge in [-0.25, -0.2) is 0 Å². The SMILES string of the molecule is C.O=C(Br)CBr. The maximum absolute atomic E-state index is 9.68. The Morgan fingerprint density at radius 2 is 1.83 bits per heavy atom. The van der Waals surface area contributed by atoms with Crippen molar-refractivity contribution in [3.8, 4) is 0 Å². The number of hydrogen-bond acceptors (Lipinski definition) is 1. The number of carbonyl (C=O) groups excluding carboxylic acids is 1.